The second-order valence-corrected chi connectivity index (χ2v) is 6.08. The highest BCUT2D eigenvalue weighted by Crippen LogP contribution is 2.33. The maximum absolute atomic E-state index is 12.1. The van der Waals surface area contributed by atoms with Gasteiger partial charge in [0.25, 0.3) is 11.8 Å². The minimum absolute atomic E-state index is 0.0174. The van der Waals surface area contributed by atoms with Crippen LogP contribution in [0.2, 0.25) is 5.02 Å². The minimum atomic E-state index is -0.307. The molecule has 0 atom stereocenters. The number of nitrogens with one attached hydrogen (secondary N) is 1. The molecule has 0 unspecified atom stereocenters. The van der Waals surface area contributed by atoms with Crippen LogP contribution in [0, 0.1) is 6.92 Å². The minimum Gasteiger partial charge on any atom is -0.484 e. The van der Waals surface area contributed by atoms with Crippen LogP contribution in [0.15, 0.2) is 36.4 Å². The smallest absolute Gasteiger partial charge is 0.264 e. The third-order valence-corrected chi connectivity index (χ3v) is 4.25. The van der Waals surface area contributed by atoms with Crippen LogP contribution in [-0.2, 0) is 9.59 Å². The Morgan fingerprint density at radius 2 is 2.12 bits per heavy atom. The van der Waals surface area contributed by atoms with Crippen LogP contribution < -0.4 is 19.7 Å². The summed E-state index contributed by atoms with van der Waals surface area (Å²) in [5, 5.41) is 3.39. The Hall–Kier alpha value is -2.73. The summed E-state index contributed by atoms with van der Waals surface area (Å²) >= 11 is 5.96. The molecule has 2 aromatic carbocycles. The van der Waals surface area contributed by atoms with Crippen LogP contribution in [0.5, 0.6) is 11.5 Å². The lowest BCUT2D eigenvalue weighted by Crippen LogP contribution is -2.35. The van der Waals surface area contributed by atoms with Crippen molar-refractivity contribution >= 4 is 34.8 Å². The number of likely N-dealkylation sites (N-methyl/N-ethyl adjacent to an activating group) is 1. The number of halogens is 1. The van der Waals surface area contributed by atoms with Crippen molar-refractivity contribution in [3.63, 3.8) is 0 Å². The molecule has 7 heteroatoms. The van der Waals surface area contributed by atoms with Crippen molar-refractivity contribution in [2.24, 2.45) is 0 Å². The first-order chi connectivity index (χ1) is 11.9. The van der Waals surface area contributed by atoms with Crippen molar-refractivity contribution in [3.05, 3.63) is 47.0 Å². The number of rotatable bonds is 4. The first-order valence-corrected chi connectivity index (χ1v) is 8.04. The monoisotopic (exact) mass is 360 g/mol. The molecule has 0 saturated carbocycles. The van der Waals surface area contributed by atoms with E-state index in [-0.39, 0.29) is 25.0 Å². The maximum Gasteiger partial charge on any atom is 0.264 e. The van der Waals surface area contributed by atoms with Gasteiger partial charge in [0.2, 0.25) is 0 Å². The Morgan fingerprint density at radius 1 is 1.32 bits per heavy atom. The van der Waals surface area contributed by atoms with Gasteiger partial charge in [-0.25, -0.2) is 0 Å². The standard InChI is InChI=1S/C18H17ClN2O4/c1-11-7-13(4-5-14(11)19)24-9-17(22)20-12-3-6-16-15(8-12)21(2)18(23)10-25-16/h3-8H,9-10H2,1-2H3,(H,20,22). The number of fused-ring (bicyclic) bond motifs is 1. The van der Waals surface area contributed by atoms with Crippen molar-refractivity contribution < 1.29 is 19.1 Å². The summed E-state index contributed by atoms with van der Waals surface area (Å²) in [5.74, 6) is 0.727. The van der Waals surface area contributed by atoms with Crippen LogP contribution >= 0.6 is 11.6 Å². The van der Waals surface area contributed by atoms with E-state index >= 15 is 0 Å². The number of hydrogen-bond acceptors (Lipinski definition) is 4. The summed E-state index contributed by atoms with van der Waals surface area (Å²) in [6, 6.07) is 10.3. The fourth-order valence-electron chi connectivity index (χ4n) is 2.40. The quantitative estimate of drug-likeness (QED) is 0.910. The molecule has 1 aliphatic heterocycles. The van der Waals surface area contributed by atoms with E-state index in [1.54, 1.807) is 43.4 Å². The number of ether oxygens (including phenoxy) is 2. The molecule has 0 aromatic heterocycles. The molecule has 3 rings (SSSR count). The molecule has 0 fully saturated rings. The second-order valence-electron chi connectivity index (χ2n) is 5.67. The SMILES string of the molecule is Cc1cc(OCC(=O)Nc2ccc3c(c2)N(C)C(=O)CO3)ccc1Cl. The topological polar surface area (TPSA) is 67.9 Å². The van der Waals surface area contributed by atoms with E-state index in [4.69, 9.17) is 21.1 Å². The van der Waals surface area contributed by atoms with E-state index in [1.807, 2.05) is 6.92 Å². The highest BCUT2D eigenvalue weighted by atomic mass is 35.5. The number of aryl methyl sites for hydroxylation is 1. The molecule has 6 nitrogen and oxygen atoms in total. The molecule has 1 heterocycles. The van der Waals surface area contributed by atoms with Gasteiger partial charge in [0.1, 0.15) is 11.5 Å². The molecule has 0 bridgehead atoms. The van der Waals surface area contributed by atoms with Crippen LogP contribution in [0.4, 0.5) is 11.4 Å². The summed E-state index contributed by atoms with van der Waals surface area (Å²) in [6.45, 7) is 1.75. The normalized spacial score (nSPS) is 13.1. The Kier molecular flexibility index (Phi) is 4.81. The largest absolute Gasteiger partial charge is 0.484 e. The van der Waals surface area contributed by atoms with E-state index in [0.717, 1.165) is 5.56 Å². The zero-order valence-corrected chi connectivity index (χ0v) is 14.6. The molecule has 0 spiro atoms. The molecule has 130 valence electrons. The van der Waals surface area contributed by atoms with Gasteiger partial charge >= 0.3 is 0 Å². The van der Waals surface area contributed by atoms with Gasteiger partial charge in [-0.15, -0.1) is 0 Å². The zero-order valence-electron chi connectivity index (χ0n) is 13.8. The lowest BCUT2D eigenvalue weighted by molar-refractivity contribution is -0.121. The molecule has 1 N–H and O–H groups in total. The van der Waals surface area contributed by atoms with Crippen molar-refractivity contribution in [1.29, 1.82) is 0 Å². The van der Waals surface area contributed by atoms with Crippen molar-refractivity contribution in [3.8, 4) is 11.5 Å². The van der Waals surface area contributed by atoms with Crippen LogP contribution in [0.1, 0.15) is 5.56 Å². The number of amides is 2. The van der Waals surface area contributed by atoms with Gasteiger partial charge in [-0.05, 0) is 48.9 Å². The Morgan fingerprint density at radius 3 is 2.88 bits per heavy atom. The number of nitrogens with zero attached hydrogens (tertiary/aromatic N) is 1. The van der Waals surface area contributed by atoms with E-state index in [2.05, 4.69) is 5.32 Å². The Bertz CT molecular complexity index is 838. The molecule has 1 aliphatic rings. The van der Waals surface area contributed by atoms with Crippen molar-refractivity contribution in [2.45, 2.75) is 6.92 Å². The number of hydrogen-bond donors (Lipinski definition) is 1. The summed E-state index contributed by atoms with van der Waals surface area (Å²) in [5.41, 5.74) is 2.05. The van der Waals surface area contributed by atoms with Gasteiger partial charge in [-0.2, -0.15) is 0 Å². The molecule has 0 radical (unpaired) electrons. The Balaban J connectivity index is 1.63. The summed E-state index contributed by atoms with van der Waals surface area (Å²) in [6.07, 6.45) is 0. The lowest BCUT2D eigenvalue weighted by atomic mass is 10.2. The maximum atomic E-state index is 12.1. The van der Waals surface area contributed by atoms with E-state index in [1.165, 1.54) is 4.90 Å². The third-order valence-electron chi connectivity index (χ3n) is 3.83. The molecule has 0 aliphatic carbocycles. The van der Waals surface area contributed by atoms with Gasteiger partial charge in [-0.3, -0.25) is 9.59 Å². The number of anilines is 2. The summed E-state index contributed by atoms with van der Waals surface area (Å²) in [4.78, 5) is 25.3. The first-order valence-electron chi connectivity index (χ1n) is 7.66. The fourth-order valence-corrected chi connectivity index (χ4v) is 2.52. The summed E-state index contributed by atoms with van der Waals surface area (Å²) < 4.78 is 10.8. The lowest BCUT2D eigenvalue weighted by Gasteiger charge is -2.26. The van der Waals surface area contributed by atoms with Crippen LogP contribution in [0.25, 0.3) is 0 Å². The van der Waals surface area contributed by atoms with E-state index < -0.39 is 0 Å². The Labute approximate surface area is 150 Å². The third kappa shape index (κ3) is 3.85. The average molecular weight is 361 g/mol. The number of carbonyl (C=O) groups is 2. The fraction of sp³-hybridized carbons (Fsp3) is 0.222. The van der Waals surface area contributed by atoms with Gasteiger partial charge in [0, 0.05) is 17.8 Å². The molecule has 25 heavy (non-hydrogen) atoms. The van der Waals surface area contributed by atoms with Crippen molar-refractivity contribution in [2.75, 3.05) is 30.5 Å². The van der Waals surface area contributed by atoms with E-state index in [0.29, 0.717) is 27.9 Å². The van der Waals surface area contributed by atoms with Gasteiger partial charge in [-0.1, -0.05) is 11.6 Å². The van der Waals surface area contributed by atoms with E-state index in [9.17, 15) is 9.59 Å². The predicted molar refractivity (Wildman–Crippen MR) is 95.7 cm³/mol. The molecular weight excluding hydrogens is 344 g/mol. The van der Waals surface area contributed by atoms with Crippen LogP contribution in [-0.4, -0.2) is 32.1 Å². The highest BCUT2D eigenvalue weighted by Gasteiger charge is 2.22. The number of benzene rings is 2. The molecule has 0 saturated heterocycles. The summed E-state index contributed by atoms with van der Waals surface area (Å²) in [7, 11) is 1.67. The number of carbonyl (C=O) groups excluding carboxylic acids is 2. The first kappa shape index (κ1) is 17.1. The van der Waals surface area contributed by atoms with Gasteiger partial charge < -0.3 is 19.7 Å². The molecular formula is C18H17ClN2O4. The zero-order chi connectivity index (χ0) is 18.0. The molecule has 2 amide bonds. The highest BCUT2D eigenvalue weighted by molar-refractivity contribution is 6.31. The van der Waals surface area contributed by atoms with Crippen LogP contribution in [0.3, 0.4) is 0 Å². The van der Waals surface area contributed by atoms with Crippen molar-refractivity contribution in [1.82, 2.24) is 0 Å². The average Bonchev–Trinajstić information content (AvgIpc) is 2.60. The van der Waals surface area contributed by atoms with Gasteiger partial charge in [0.05, 0.1) is 5.69 Å². The second kappa shape index (κ2) is 7.03. The molecule has 2 aromatic rings. The predicted octanol–water partition coefficient (Wildman–Crippen LogP) is 3.02. The van der Waals surface area contributed by atoms with Gasteiger partial charge in [0.15, 0.2) is 13.2 Å².